The first-order chi connectivity index (χ1) is 10.0. The highest BCUT2D eigenvalue weighted by molar-refractivity contribution is 5.57. The van der Waals surface area contributed by atoms with Gasteiger partial charge in [0.15, 0.2) is 0 Å². The van der Waals surface area contributed by atoms with Crippen LogP contribution in [0.2, 0.25) is 0 Å². The molecular weight excluding hydrogens is 258 g/mol. The number of nitrogens with zero attached hydrogens (tertiary/aromatic N) is 1. The van der Waals surface area contributed by atoms with Crippen molar-refractivity contribution in [2.24, 2.45) is 0 Å². The molecular formula is C19H21NO. The van der Waals surface area contributed by atoms with Gasteiger partial charge in [-0.1, -0.05) is 18.2 Å². The number of nitriles is 1. The summed E-state index contributed by atoms with van der Waals surface area (Å²) in [5.41, 5.74) is 7.82. The highest BCUT2D eigenvalue weighted by Gasteiger charge is 2.16. The Kier molecular flexibility index (Phi) is 4.33. The van der Waals surface area contributed by atoms with Crippen LogP contribution in [0, 0.1) is 39.0 Å². The third kappa shape index (κ3) is 2.64. The fraction of sp³-hybridized carbons (Fsp3) is 0.316. The summed E-state index contributed by atoms with van der Waals surface area (Å²) >= 11 is 0. The predicted molar refractivity (Wildman–Crippen MR) is 85.9 cm³/mol. The molecule has 0 saturated carbocycles. The Morgan fingerprint density at radius 3 is 2.19 bits per heavy atom. The van der Waals surface area contributed by atoms with E-state index < -0.39 is 0 Å². The van der Waals surface area contributed by atoms with E-state index in [1.807, 2.05) is 25.1 Å². The molecule has 0 spiro atoms. The standard InChI is InChI=1S/C19H21NO/c1-12-13(2)15(4)18(11-20)17(14(12)3)10-16-8-6-7-9-19(16)21-5/h6-9H,10H2,1-5H3. The number of ether oxygens (including phenoxy) is 1. The summed E-state index contributed by atoms with van der Waals surface area (Å²) in [6.07, 6.45) is 0.723. The Labute approximate surface area is 127 Å². The van der Waals surface area contributed by atoms with E-state index in [4.69, 9.17) is 4.74 Å². The van der Waals surface area contributed by atoms with Crippen LogP contribution in [0.15, 0.2) is 24.3 Å². The number of rotatable bonds is 3. The Balaban J connectivity index is 2.62. The molecule has 0 bridgehead atoms. The van der Waals surface area contributed by atoms with E-state index in [2.05, 4.69) is 32.9 Å². The van der Waals surface area contributed by atoms with E-state index in [-0.39, 0.29) is 0 Å². The van der Waals surface area contributed by atoms with Crippen LogP contribution in [0.1, 0.15) is 38.9 Å². The van der Waals surface area contributed by atoms with E-state index in [9.17, 15) is 5.26 Å². The summed E-state index contributed by atoms with van der Waals surface area (Å²) in [4.78, 5) is 0. The van der Waals surface area contributed by atoms with Crippen LogP contribution >= 0.6 is 0 Å². The van der Waals surface area contributed by atoms with Crippen molar-refractivity contribution in [1.29, 1.82) is 5.26 Å². The second kappa shape index (κ2) is 6.01. The number of para-hydroxylation sites is 1. The number of benzene rings is 2. The van der Waals surface area contributed by atoms with Gasteiger partial charge in [-0.25, -0.2) is 0 Å². The van der Waals surface area contributed by atoms with Gasteiger partial charge in [-0.15, -0.1) is 0 Å². The lowest BCUT2D eigenvalue weighted by atomic mass is 9.86. The molecule has 0 amide bonds. The fourth-order valence-electron chi connectivity index (χ4n) is 2.80. The van der Waals surface area contributed by atoms with Crippen LogP contribution in [-0.4, -0.2) is 7.11 Å². The summed E-state index contributed by atoms with van der Waals surface area (Å²) in [5.74, 6) is 0.872. The van der Waals surface area contributed by atoms with Crippen LogP contribution in [-0.2, 0) is 6.42 Å². The lowest BCUT2D eigenvalue weighted by Gasteiger charge is -2.18. The monoisotopic (exact) mass is 279 g/mol. The van der Waals surface area contributed by atoms with Crippen molar-refractivity contribution in [3.8, 4) is 11.8 Å². The van der Waals surface area contributed by atoms with Crippen molar-refractivity contribution >= 4 is 0 Å². The molecule has 0 atom stereocenters. The maximum absolute atomic E-state index is 9.56. The van der Waals surface area contributed by atoms with Crippen molar-refractivity contribution in [1.82, 2.24) is 0 Å². The summed E-state index contributed by atoms with van der Waals surface area (Å²) < 4.78 is 5.43. The highest BCUT2D eigenvalue weighted by Crippen LogP contribution is 2.30. The summed E-state index contributed by atoms with van der Waals surface area (Å²) in [6, 6.07) is 10.4. The molecule has 0 aromatic heterocycles. The molecule has 0 aliphatic heterocycles. The maximum atomic E-state index is 9.56. The molecule has 2 aromatic carbocycles. The van der Waals surface area contributed by atoms with E-state index in [1.54, 1.807) is 7.11 Å². The lowest BCUT2D eigenvalue weighted by molar-refractivity contribution is 0.410. The molecule has 0 N–H and O–H groups in total. The molecule has 0 aliphatic rings. The molecule has 0 fully saturated rings. The van der Waals surface area contributed by atoms with E-state index in [1.165, 1.54) is 16.7 Å². The molecule has 108 valence electrons. The van der Waals surface area contributed by atoms with Crippen molar-refractivity contribution < 1.29 is 4.74 Å². The van der Waals surface area contributed by atoms with Gasteiger partial charge in [-0.05, 0) is 67.1 Å². The van der Waals surface area contributed by atoms with Crippen LogP contribution in [0.5, 0.6) is 5.75 Å². The van der Waals surface area contributed by atoms with Crippen molar-refractivity contribution in [2.75, 3.05) is 7.11 Å². The topological polar surface area (TPSA) is 33.0 Å². The second-order valence-electron chi connectivity index (χ2n) is 5.45. The molecule has 2 aromatic rings. The maximum Gasteiger partial charge on any atom is 0.122 e. The Morgan fingerprint density at radius 1 is 0.952 bits per heavy atom. The van der Waals surface area contributed by atoms with Gasteiger partial charge in [0.2, 0.25) is 0 Å². The molecule has 0 heterocycles. The van der Waals surface area contributed by atoms with Gasteiger partial charge in [-0.2, -0.15) is 5.26 Å². The minimum Gasteiger partial charge on any atom is -0.496 e. The highest BCUT2D eigenvalue weighted by atomic mass is 16.5. The molecule has 0 aliphatic carbocycles. The average Bonchev–Trinajstić information content (AvgIpc) is 2.51. The molecule has 21 heavy (non-hydrogen) atoms. The Bertz CT molecular complexity index is 723. The van der Waals surface area contributed by atoms with Crippen molar-refractivity contribution in [2.45, 2.75) is 34.1 Å². The van der Waals surface area contributed by atoms with Gasteiger partial charge in [0.1, 0.15) is 5.75 Å². The summed E-state index contributed by atoms with van der Waals surface area (Å²) in [6.45, 7) is 8.36. The first-order valence-electron chi connectivity index (χ1n) is 7.12. The van der Waals surface area contributed by atoms with Gasteiger partial charge in [0.25, 0.3) is 0 Å². The Morgan fingerprint density at radius 2 is 1.57 bits per heavy atom. The fourth-order valence-corrected chi connectivity index (χ4v) is 2.80. The van der Waals surface area contributed by atoms with Crippen molar-refractivity contribution in [3.05, 3.63) is 63.2 Å². The molecule has 2 rings (SSSR count). The van der Waals surface area contributed by atoms with Gasteiger partial charge in [-0.3, -0.25) is 0 Å². The smallest absolute Gasteiger partial charge is 0.122 e. The van der Waals surface area contributed by atoms with Crippen molar-refractivity contribution in [3.63, 3.8) is 0 Å². The summed E-state index contributed by atoms with van der Waals surface area (Å²) in [7, 11) is 1.68. The minimum atomic E-state index is 0.723. The van der Waals surface area contributed by atoms with E-state index >= 15 is 0 Å². The molecule has 0 radical (unpaired) electrons. The number of hydrogen-bond acceptors (Lipinski definition) is 2. The van der Waals surface area contributed by atoms with Gasteiger partial charge >= 0.3 is 0 Å². The molecule has 0 unspecified atom stereocenters. The molecule has 0 saturated heterocycles. The van der Waals surface area contributed by atoms with Crippen LogP contribution < -0.4 is 4.74 Å². The lowest BCUT2D eigenvalue weighted by Crippen LogP contribution is -2.05. The SMILES string of the molecule is COc1ccccc1Cc1c(C)c(C)c(C)c(C)c1C#N. The normalized spacial score (nSPS) is 10.3. The van der Waals surface area contributed by atoms with Crippen LogP contribution in [0.25, 0.3) is 0 Å². The van der Waals surface area contributed by atoms with Gasteiger partial charge < -0.3 is 4.74 Å². The molecule has 2 heteroatoms. The third-order valence-corrected chi connectivity index (χ3v) is 4.49. The first-order valence-corrected chi connectivity index (χ1v) is 7.12. The largest absolute Gasteiger partial charge is 0.496 e. The predicted octanol–water partition coefficient (Wildman–Crippen LogP) is 4.39. The van der Waals surface area contributed by atoms with Gasteiger partial charge in [0.05, 0.1) is 18.7 Å². The summed E-state index contributed by atoms with van der Waals surface area (Å²) in [5, 5.41) is 9.56. The number of methoxy groups -OCH3 is 1. The Hall–Kier alpha value is -2.27. The second-order valence-corrected chi connectivity index (χ2v) is 5.45. The van der Waals surface area contributed by atoms with E-state index in [0.717, 1.165) is 34.4 Å². The quantitative estimate of drug-likeness (QED) is 0.834. The zero-order valence-corrected chi connectivity index (χ0v) is 13.4. The molecule has 2 nitrogen and oxygen atoms in total. The van der Waals surface area contributed by atoms with Crippen LogP contribution in [0.3, 0.4) is 0 Å². The number of hydrogen-bond donors (Lipinski definition) is 0. The minimum absolute atomic E-state index is 0.723. The van der Waals surface area contributed by atoms with Gasteiger partial charge in [0, 0.05) is 6.42 Å². The first kappa shape index (κ1) is 15.1. The van der Waals surface area contributed by atoms with Crippen LogP contribution in [0.4, 0.5) is 0 Å². The third-order valence-electron chi connectivity index (χ3n) is 4.49. The zero-order chi connectivity index (χ0) is 15.6. The zero-order valence-electron chi connectivity index (χ0n) is 13.4. The average molecular weight is 279 g/mol. The van der Waals surface area contributed by atoms with E-state index in [0.29, 0.717) is 0 Å².